The van der Waals surface area contributed by atoms with Crippen LogP contribution in [-0.2, 0) is 0 Å². The molecule has 0 heterocycles. The number of benzene rings is 5. The topological polar surface area (TPSA) is 148 Å². The molecule has 10 heteroatoms. The summed E-state index contributed by atoms with van der Waals surface area (Å²) in [5.41, 5.74) is 0.877. The van der Waals surface area contributed by atoms with E-state index in [-0.39, 0.29) is 52.5 Å². The number of carbonyl (C=O) groups is 2. The van der Waals surface area contributed by atoms with Crippen molar-refractivity contribution in [3.8, 4) is 11.5 Å². The molecule has 1 aliphatic carbocycles. The summed E-state index contributed by atoms with van der Waals surface area (Å²) < 4.78 is 0. The normalized spacial score (nSPS) is 16.2. The summed E-state index contributed by atoms with van der Waals surface area (Å²) in [4.78, 5) is 26.2. The Hall–Kier alpha value is -6.42. The molecule has 0 bridgehead atoms. The van der Waals surface area contributed by atoms with Crippen molar-refractivity contribution in [2.24, 2.45) is 20.5 Å². The third-order valence-electron chi connectivity index (χ3n) is 8.41. The number of phenols is 2. The van der Waals surface area contributed by atoms with E-state index in [1.807, 2.05) is 119 Å². The number of rotatable bonds is 10. The molecule has 0 fully saturated rings. The number of aromatic hydroxyl groups is 2. The fourth-order valence-electron chi connectivity index (χ4n) is 5.82. The molecule has 0 spiro atoms. The van der Waals surface area contributed by atoms with Gasteiger partial charge in [-0.2, -0.15) is 10.2 Å². The van der Waals surface area contributed by atoms with Crippen molar-refractivity contribution in [2.75, 3.05) is 0 Å². The van der Waals surface area contributed by atoms with Crippen LogP contribution in [0.1, 0.15) is 60.4 Å². The Bertz CT molecular complexity index is 2180. The highest BCUT2D eigenvalue weighted by molar-refractivity contribution is 6.07. The molecule has 0 saturated carbocycles. The second-order valence-corrected chi connectivity index (χ2v) is 13.2. The number of nitrogens with zero attached hydrogens (tertiary/aromatic N) is 4. The van der Waals surface area contributed by atoms with Crippen LogP contribution in [0.5, 0.6) is 11.5 Å². The molecule has 2 amide bonds. The maximum absolute atomic E-state index is 13.1. The second kappa shape index (κ2) is 15.2. The van der Waals surface area contributed by atoms with E-state index in [4.69, 9.17) is 0 Å². The van der Waals surface area contributed by atoms with Crippen molar-refractivity contribution >= 4 is 50.8 Å². The Balaban J connectivity index is 1.47. The van der Waals surface area contributed by atoms with Gasteiger partial charge < -0.3 is 20.8 Å². The Morgan fingerprint density at radius 2 is 1.17 bits per heavy atom. The molecule has 0 unspecified atom stereocenters. The predicted octanol–water partition coefficient (Wildman–Crippen LogP) is 9.84. The number of carbonyl (C=O) groups excluding carboxylic acids is 2. The standard InChI is InChI=1S/C42H40N6O4/c1-26(2)43-40(51)34-24-30-14-8-10-16-32(30)36(38(34)49)45-47-42(22-20-29(21-23-42)19-18-28-12-6-5-7-13-28)48-46-37-33-17-11-9-15-31(33)25-35(39(37)50)41(52)44-27(3)4/h5-22,24-27,49-50H,23H2,1-4H3,(H,43,51)(H,44,52). The summed E-state index contributed by atoms with van der Waals surface area (Å²) in [5.74, 6) is -1.52. The first-order chi connectivity index (χ1) is 25.0. The third-order valence-corrected chi connectivity index (χ3v) is 8.41. The first kappa shape index (κ1) is 35.4. The van der Waals surface area contributed by atoms with E-state index in [1.165, 1.54) is 0 Å². The molecule has 262 valence electrons. The minimum Gasteiger partial charge on any atom is -0.505 e. The van der Waals surface area contributed by atoms with Crippen molar-refractivity contribution in [1.82, 2.24) is 10.6 Å². The first-order valence-electron chi connectivity index (χ1n) is 17.1. The Morgan fingerprint density at radius 3 is 1.63 bits per heavy atom. The highest BCUT2D eigenvalue weighted by atomic mass is 16.3. The highest BCUT2D eigenvalue weighted by Crippen LogP contribution is 2.43. The van der Waals surface area contributed by atoms with Crippen LogP contribution in [0, 0.1) is 0 Å². The summed E-state index contributed by atoms with van der Waals surface area (Å²) in [6, 6.07) is 27.4. The van der Waals surface area contributed by atoms with E-state index < -0.39 is 17.5 Å². The lowest BCUT2D eigenvalue weighted by molar-refractivity contribution is 0.0931. The van der Waals surface area contributed by atoms with Crippen LogP contribution in [0.4, 0.5) is 11.4 Å². The van der Waals surface area contributed by atoms with Gasteiger partial charge in [-0.3, -0.25) is 9.59 Å². The summed E-state index contributed by atoms with van der Waals surface area (Å²) in [6.07, 6.45) is 9.78. The van der Waals surface area contributed by atoms with Crippen molar-refractivity contribution < 1.29 is 19.8 Å². The smallest absolute Gasteiger partial charge is 0.255 e. The number of allylic oxidation sites excluding steroid dienone is 3. The molecule has 1 aliphatic rings. The first-order valence-corrected chi connectivity index (χ1v) is 17.1. The van der Waals surface area contributed by atoms with Gasteiger partial charge in [-0.25, -0.2) is 0 Å². The van der Waals surface area contributed by atoms with E-state index in [0.717, 1.165) is 11.1 Å². The molecular formula is C42H40N6O4. The Morgan fingerprint density at radius 1 is 0.692 bits per heavy atom. The molecule has 0 aliphatic heterocycles. The number of hydrogen-bond donors (Lipinski definition) is 4. The van der Waals surface area contributed by atoms with Crippen LogP contribution < -0.4 is 10.6 Å². The molecule has 0 aromatic heterocycles. The largest absolute Gasteiger partial charge is 0.505 e. The lowest BCUT2D eigenvalue weighted by Gasteiger charge is -2.22. The van der Waals surface area contributed by atoms with E-state index >= 15 is 0 Å². The zero-order valence-corrected chi connectivity index (χ0v) is 29.4. The lowest BCUT2D eigenvalue weighted by Crippen LogP contribution is -2.30. The molecule has 0 radical (unpaired) electrons. The van der Waals surface area contributed by atoms with Crippen molar-refractivity contribution in [1.29, 1.82) is 0 Å². The molecule has 5 aromatic carbocycles. The molecule has 5 aromatic rings. The zero-order chi connectivity index (χ0) is 36.8. The van der Waals surface area contributed by atoms with E-state index in [0.29, 0.717) is 21.5 Å². The van der Waals surface area contributed by atoms with Gasteiger partial charge in [-0.15, -0.1) is 10.2 Å². The van der Waals surface area contributed by atoms with Crippen LogP contribution in [0.25, 0.3) is 27.6 Å². The van der Waals surface area contributed by atoms with Crippen molar-refractivity contribution in [3.05, 3.63) is 138 Å². The van der Waals surface area contributed by atoms with Crippen LogP contribution in [0.3, 0.4) is 0 Å². The summed E-state index contributed by atoms with van der Waals surface area (Å²) in [5, 5.41) is 49.6. The molecule has 6 rings (SSSR count). The van der Waals surface area contributed by atoms with Gasteiger partial charge in [0.2, 0.25) is 5.66 Å². The van der Waals surface area contributed by atoms with Crippen LogP contribution in [0.15, 0.2) is 141 Å². The number of amides is 2. The quantitative estimate of drug-likeness (QED) is 0.108. The molecule has 0 atom stereocenters. The summed E-state index contributed by atoms with van der Waals surface area (Å²) in [6.45, 7) is 7.35. The molecular weight excluding hydrogens is 653 g/mol. The minimum atomic E-state index is -1.42. The fourth-order valence-corrected chi connectivity index (χ4v) is 5.82. The summed E-state index contributed by atoms with van der Waals surface area (Å²) in [7, 11) is 0. The predicted molar refractivity (Wildman–Crippen MR) is 206 cm³/mol. The SMILES string of the molecule is CC(C)NC(=O)c1cc2ccccc2c(N=NC2(N=Nc3c(O)c(C(=O)NC(C)C)cc4ccccc34)C=CC(C=Cc3ccccc3)=CC2)c1O. The minimum absolute atomic E-state index is 0.0670. The van der Waals surface area contributed by atoms with Gasteiger partial charge >= 0.3 is 0 Å². The lowest BCUT2D eigenvalue weighted by atomic mass is 9.97. The Labute approximate surface area is 302 Å². The van der Waals surface area contributed by atoms with Gasteiger partial charge in [0.1, 0.15) is 11.4 Å². The van der Waals surface area contributed by atoms with Gasteiger partial charge in [0, 0.05) is 29.3 Å². The number of nitrogens with one attached hydrogen (secondary N) is 2. The average Bonchev–Trinajstić information content (AvgIpc) is 3.13. The fraction of sp³-hybridized carbons (Fsp3) is 0.190. The molecule has 10 nitrogen and oxygen atoms in total. The molecule has 0 saturated heterocycles. The van der Waals surface area contributed by atoms with Crippen molar-refractivity contribution in [2.45, 2.75) is 51.9 Å². The van der Waals surface area contributed by atoms with E-state index in [2.05, 4.69) is 31.1 Å². The van der Waals surface area contributed by atoms with Crippen LogP contribution >= 0.6 is 0 Å². The number of azo groups is 2. The second-order valence-electron chi connectivity index (χ2n) is 13.2. The number of hydrogen-bond acceptors (Lipinski definition) is 8. The highest BCUT2D eigenvalue weighted by Gasteiger charge is 2.30. The Kier molecular flexibility index (Phi) is 10.4. The van der Waals surface area contributed by atoms with Gasteiger partial charge in [-0.05, 0) is 67.8 Å². The molecule has 4 N–H and O–H groups in total. The zero-order valence-electron chi connectivity index (χ0n) is 29.4. The maximum atomic E-state index is 13.1. The van der Waals surface area contributed by atoms with Gasteiger partial charge in [0.25, 0.3) is 11.8 Å². The monoisotopic (exact) mass is 692 g/mol. The van der Waals surface area contributed by atoms with Crippen molar-refractivity contribution in [3.63, 3.8) is 0 Å². The number of fused-ring (bicyclic) bond motifs is 2. The summed E-state index contributed by atoms with van der Waals surface area (Å²) >= 11 is 0. The van der Waals surface area contributed by atoms with Crippen LogP contribution in [-0.4, -0.2) is 39.8 Å². The van der Waals surface area contributed by atoms with Gasteiger partial charge in [-0.1, -0.05) is 103 Å². The average molecular weight is 693 g/mol. The van der Waals surface area contributed by atoms with Gasteiger partial charge in [0.15, 0.2) is 11.5 Å². The third kappa shape index (κ3) is 7.81. The van der Waals surface area contributed by atoms with E-state index in [1.54, 1.807) is 30.3 Å². The molecule has 52 heavy (non-hydrogen) atoms. The van der Waals surface area contributed by atoms with E-state index in [9.17, 15) is 19.8 Å². The maximum Gasteiger partial charge on any atom is 0.255 e. The number of phenolic OH excluding ortho intramolecular Hbond substituents is 2. The van der Waals surface area contributed by atoms with Gasteiger partial charge in [0.05, 0.1) is 11.1 Å². The van der Waals surface area contributed by atoms with Crippen LogP contribution in [0.2, 0.25) is 0 Å².